The predicted molar refractivity (Wildman–Crippen MR) is 49.1 cm³/mol. The van der Waals surface area contributed by atoms with Gasteiger partial charge < -0.3 is 0 Å². The smallest absolute Gasteiger partial charge is 0.214 e. The Morgan fingerprint density at radius 2 is 1.73 bits per heavy atom. The average Bonchev–Trinajstić information content (AvgIpc) is 1.85. The van der Waals surface area contributed by atoms with E-state index in [0.717, 1.165) is 0 Å². The van der Waals surface area contributed by atoms with Crippen LogP contribution in [0.1, 0.15) is 0 Å². The van der Waals surface area contributed by atoms with Crippen LogP contribution in [0.15, 0.2) is 0 Å². The van der Waals surface area contributed by atoms with Gasteiger partial charge in [0, 0.05) is 0 Å². The van der Waals surface area contributed by atoms with Crippen LogP contribution in [-0.2, 0) is 0 Å². The molecule has 0 aliphatic rings. The lowest BCUT2D eigenvalue weighted by Gasteiger charge is -1.95. The van der Waals surface area contributed by atoms with E-state index in [-0.39, 0.29) is 10.6 Å². The van der Waals surface area contributed by atoms with Crippen LogP contribution in [-0.4, -0.2) is 27.9 Å². The zero-order valence-electron chi connectivity index (χ0n) is 5.33. The lowest BCUT2D eigenvalue weighted by molar-refractivity contribution is 1.09. The molecular weight excluding hydrogens is 204 g/mol. The molecule has 0 amide bonds. The van der Waals surface area contributed by atoms with Crippen LogP contribution in [0.25, 0.3) is 0 Å². The number of hydrogen-bond donors (Lipinski definition) is 1. The Morgan fingerprint density at radius 3 is 2.18 bits per heavy atom. The molecule has 0 saturated heterocycles. The summed E-state index contributed by atoms with van der Waals surface area (Å²) in [4.78, 5) is 11.1. The van der Waals surface area contributed by atoms with Gasteiger partial charge in [0.25, 0.3) is 0 Å². The van der Waals surface area contributed by atoms with Gasteiger partial charge in [-0.1, -0.05) is 0 Å². The fraction of sp³-hybridized carbons (Fsp3) is 0.250. The quantitative estimate of drug-likeness (QED) is 0.563. The summed E-state index contributed by atoms with van der Waals surface area (Å²) in [6.45, 7) is 0. The van der Waals surface area contributed by atoms with E-state index >= 15 is 0 Å². The fourth-order valence-corrected chi connectivity index (χ4v) is 1.05. The lowest BCUT2D eigenvalue weighted by atomic mass is 9.81. The molecule has 1 heterocycles. The highest BCUT2D eigenvalue weighted by molar-refractivity contribution is 7.81. The molecule has 0 saturated carbocycles. The molecule has 11 heavy (non-hydrogen) atoms. The summed E-state index contributed by atoms with van der Waals surface area (Å²) in [6, 6.07) is 0. The molecule has 0 aliphatic carbocycles. The highest BCUT2D eigenvalue weighted by Gasteiger charge is 2.02. The first-order chi connectivity index (χ1) is 5.22. The van der Waals surface area contributed by atoms with Gasteiger partial charge in [0.05, 0.1) is 5.72 Å². The third-order valence-corrected chi connectivity index (χ3v) is 1.39. The van der Waals surface area contributed by atoms with E-state index in [4.69, 9.17) is 23.2 Å². The monoisotopic (exact) mass is 206 g/mol. The molecule has 0 atom stereocenters. The molecule has 1 aromatic heterocycles. The Morgan fingerprint density at radius 1 is 1.18 bits per heavy atom. The van der Waals surface area contributed by atoms with Crippen molar-refractivity contribution in [3.63, 3.8) is 0 Å². The first kappa shape index (κ1) is 9.10. The van der Waals surface area contributed by atoms with Crippen molar-refractivity contribution in [3.05, 3.63) is 10.6 Å². The molecule has 0 unspecified atom stereocenters. The van der Waals surface area contributed by atoms with Crippen molar-refractivity contribution in [2.75, 3.05) is 5.65 Å². The first-order valence-corrected chi connectivity index (χ1v) is 4.12. The largest absolute Gasteiger partial charge is 0.226 e. The van der Waals surface area contributed by atoms with Gasteiger partial charge in [-0.2, -0.15) is 17.6 Å². The highest BCUT2D eigenvalue weighted by atomic mass is 35.5. The van der Waals surface area contributed by atoms with Crippen molar-refractivity contribution in [2.45, 2.75) is 0 Å². The van der Waals surface area contributed by atoms with Crippen molar-refractivity contribution in [2.24, 2.45) is 0 Å². The van der Waals surface area contributed by atoms with Crippen LogP contribution in [0.3, 0.4) is 0 Å². The minimum Gasteiger partial charge on any atom is -0.214 e. The van der Waals surface area contributed by atoms with Gasteiger partial charge in [-0.25, -0.2) is 9.97 Å². The Kier molecular flexibility index (Phi) is 3.42. The molecular formula is C4H3BCl2N3S. The lowest BCUT2D eigenvalue weighted by Crippen LogP contribution is -2.24. The molecule has 0 fully saturated rings. The van der Waals surface area contributed by atoms with Crippen molar-refractivity contribution < 1.29 is 0 Å². The SMILES string of the molecule is SC[B]c1nc(Cl)nc(Cl)n1. The molecule has 7 heteroatoms. The molecule has 0 bridgehead atoms. The van der Waals surface area contributed by atoms with E-state index in [0.29, 0.717) is 11.4 Å². The molecule has 57 valence electrons. The van der Waals surface area contributed by atoms with E-state index in [1.54, 1.807) is 7.28 Å². The summed E-state index contributed by atoms with van der Waals surface area (Å²) in [5.41, 5.74) is 0.987. The number of aromatic nitrogens is 3. The molecule has 0 aliphatic heterocycles. The minimum atomic E-state index is 0.0954. The van der Waals surface area contributed by atoms with Gasteiger partial charge in [-0.15, -0.1) is 0 Å². The van der Waals surface area contributed by atoms with Gasteiger partial charge in [0.15, 0.2) is 0 Å². The van der Waals surface area contributed by atoms with Gasteiger partial charge >= 0.3 is 0 Å². The highest BCUT2D eigenvalue weighted by Crippen LogP contribution is 2.00. The Balaban J connectivity index is 2.89. The van der Waals surface area contributed by atoms with E-state index in [1.807, 2.05) is 0 Å². The van der Waals surface area contributed by atoms with Crippen molar-refractivity contribution >= 4 is 48.8 Å². The van der Waals surface area contributed by atoms with Crippen LogP contribution < -0.4 is 5.72 Å². The fourth-order valence-electron chi connectivity index (χ4n) is 0.513. The topological polar surface area (TPSA) is 38.7 Å². The summed E-state index contributed by atoms with van der Waals surface area (Å²) in [7, 11) is 1.68. The van der Waals surface area contributed by atoms with E-state index in [1.165, 1.54) is 0 Å². The summed E-state index contributed by atoms with van der Waals surface area (Å²) >= 11 is 14.9. The standard InChI is InChI=1S/C4H3BCl2N3S/c6-3-8-2(5-1-11)9-4(7)10-3/h11H,1H2. The van der Waals surface area contributed by atoms with Gasteiger partial charge in [0.2, 0.25) is 17.8 Å². The van der Waals surface area contributed by atoms with Crippen molar-refractivity contribution in [1.29, 1.82) is 0 Å². The van der Waals surface area contributed by atoms with Crippen molar-refractivity contribution in [1.82, 2.24) is 15.0 Å². The van der Waals surface area contributed by atoms with Crippen LogP contribution in [0.4, 0.5) is 0 Å². The zero-order chi connectivity index (χ0) is 8.27. The number of hydrogen-bond acceptors (Lipinski definition) is 4. The Hall–Kier alpha value is 0.00494. The summed E-state index contributed by atoms with van der Waals surface area (Å²) in [5, 5.41) is 0.191. The van der Waals surface area contributed by atoms with E-state index in [2.05, 4.69) is 27.6 Å². The van der Waals surface area contributed by atoms with Gasteiger partial charge in [0.1, 0.15) is 0 Å². The molecule has 0 spiro atoms. The second-order valence-corrected chi connectivity index (χ2v) is 2.66. The van der Waals surface area contributed by atoms with Crippen LogP contribution in [0.2, 0.25) is 10.6 Å². The van der Waals surface area contributed by atoms with Crippen molar-refractivity contribution in [3.8, 4) is 0 Å². The summed E-state index contributed by atoms with van der Waals surface area (Å²) in [5.74, 6) is 0. The Labute approximate surface area is 80.2 Å². The maximum absolute atomic E-state index is 5.49. The van der Waals surface area contributed by atoms with Crippen LogP contribution in [0.5, 0.6) is 0 Å². The maximum atomic E-state index is 5.49. The second kappa shape index (κ2) is 4.14. The van der Waals surface area contributed by atoms with Crippen LogP contribution >= 0.6 is 35.8 Å². The number of halogens is 2. The molecule has 1 radical (unpaired) electrons. The molecule has 3 nitrogen and oxygen atoms in total. The first-order valence-electron chi connectivity index (χ1n) is 2.73. The average molecular weight is 207 g/mol. The maximum Gasteiger partial charge on any atom is 0.226 e. The third kappa shape index (κ3) is 2.85. The van der Waals surface area contributed by atoms with Gasteiger partial charge in [-0.05, 0) is 28.9 Å². The van der Waals surface area contributed by atoms with E-state index in [9.17, 15) is 0 Å². The second-order valence-electron chi connectivity index (χ2n) is 1.62. The van der Waals surface area contributed by atoms with Gasteiger partial charge in [-0.3, -0.25) is 0 Å². The Bertz CT molecular complexity index is 239. The number of thiol groups is 1. The van der Waals surface area contributed by atoms with E-state index < -0.39 is 0 Å². The third-order valence-electron chi connectivity index (χ3n) is 0.872. The zero-order valence-corrected chi connectivity index (χ0v) is 7.74. The summed E-state index contributed by atoms with van der Waals surface area (Å²) in [6.07, 6.45) is 0. The number of nitrogens with zero attached hydrogens (tertiary/aromatic N) is 3. The molecule has 0 N–H and O–H groups in total. The molecule has 1 rings (SSSR count). The predicted octanol–water partition coefficient (Wildman–Crippen LogP) is 0.395. The summed E-state index contributed by atoms with van der Waals surface area (Å²) < 4.78 is 0. The molecule has 1 aromatic rings. The number of rotatable bonds is 2. The normalized spacial score (nSPS) is 9.73. The minimum absolute atomic E-state index is 0.0954. The molecule has 0 aromatic carbocycles. The van der Waals surface area contributed by atoms with Crippen LogP contribution in [0, 0.1) is 0 Å².